The smallest absolute Gasteiger partial charge is 0.243 e. The van der Waals surface area contributed by atoms with Gasteiger partial charge in [-0.15, -0.1) is 0 Å². The molecule has 1 aliphatic rings. The van der Waals surface area contributed by atoms with E-state index in [9.17, 15) is 17.2 Å². The third-order valence-electron chi connectivity index (χ3n) is 5.53. The van der Waals surface area contributed by atoms with Gasteiger partial charge in [0.2, 0.25) is 16.0 Å². The molecular formula is C22H23F2N5O2S. The average Bonchev–Trinajstić information content (AvgIpc) is 3.26. The van der Waals surface area contributed by atoms with Crippen LogP contribution in [-0.4, -0.2) is 48.3 Å². The number of nitrogens with zero attached hydrogens (tertiary/aromatic N) is 5. The number of sulfonamides is 1. The third-order valence-corrected chi connectivity index (χ3v) is 7.44. The first-order valence-corrected chi connectivity index (χ1v) is 11.6. The zero-order chi connectivity index (χ0) is 23.0. The van der Waals surface area contributed by atoms with Crippen LogP contribution in [0.2, 0.25) is 0 Å². The number of anilines is 1. The number of halogens is 2. The first-order valence-electron chi connectivity index (χ1n) is 10.1. The van der Waals surface area contributed by atoms with Crippen molar-refractivity contribution in [2.75, 3.05) is 25.5 Å². The maximum absolute atomic E-state index is 13.8. The first-order chi connectivity index (χ1) is 15.2. The van der Waals surface area contributed by atoms with E-state index in [0.717, 1.165) is 29.3 Å². The second-order valence-corrected chi connectivity index (χ2v) is 9.79. The van der Waals surface area contributed by atoms with E-state index in [0.29, 0.717) is 30.0 Å². The van der Waals surface area contributed by atoms with E-state index in [1.807, 2.05) is 13.0 Å². The van der Waals surface area contributed by atoms with Gasteiger partial charge >= 0.3 is 0 Å². The number of rotatable bonds is 5. The van der Waals surface area contributed by atoms with Crippen LogP contribution in [0.15, 0.2) is 47.8 Å². The highest BCUT2D eigenvalue weighted by molar-refractivity contribution is 7.89. The number of hydrogen-bond acceptors (Lipinski definition) is 6. The van der Waals surface area contributed by atoms with Crippen molar-refractivity contribution in [3.63, 3.8) is 0 Å². The number of hydrogen-bond donors (Lipinski definition) is 0. The fourth-order valence-electron chi connectivity index (χ4n) is 3.91. The molecular weight excluding hydrogens is 436 g/mol. The predicted octanol–water partition coefficient (Wildman–Crippen LogP) is 3.72. The van der Waals surface area contributed by atoms with Gasteiger partial charge in [0.1, 0.15) is 0 Å². The second-order valence-electron chi connectivity index (χ2n) is 7.90. The van der Waals surface area contributed by atoms with E-state index >= 15 is 0 Å². The molecule has 0 aliphatic carbocycles. The van der Waals surface area contributed by atoms with Crippen LogP contribution in [0.25, 0.3) is 11.1 Å². The summed E-state index contributed by atoms with van der Waals surface area (Å²) >= 11 is 0. The Balaban J connectivity index is 1.85. The SMILES string of the molecule is Cc1cnccc1-c1cnc(N(C)C)nc1[C@@H]1CCCN1S(=O)(=O)c1ccc(F)c(F)c1. The van der Waals surface area contributed by atoms with Crippen LogP contribution >= 0.6 is 0 Å². The minimum absolute atomic E-state index is 0.252. The summed E-state index contributed by atoms with van der Waals surface area (Å²) in [4.78, 5) is 14.7. The molecule has 0 N–H and O–H groups in total. The fraction of sp³-hybridized carbons (Fsp3) is 0.318. The molecule has 10 heteroatoms. The van der Waals surface area contributed by atoms with Crippen LogP contribution in [0.1, 0.15) is 30.1 Å². The minimum Gasteiger partial charge on any atom is -0.347 e. The fourth-order valence-corrected chi connectivity index (χ4v) is 5.58. The molecule has 0 amide bonds. The lowest BCUT2D eigenvalue weighted by Crippen LogP contribution is -2.32. The predicted molar refractivity (Wildman–Crippen MR) is 117 cm³/mol. The summed E-state index contributed by atoms with van der Waals surface area (Å²) in [5.41, 5.74) is 3.05. The molecule has 1 fully saturated rings. The normalized spacial score (nSPS) is 17.0. The van der Waals surface area contributed by atoms with Crippen molar-refractivity contribution in [3.8, 4) is 11.1 Å². The van der Waals surface area contributed by atoms with E-state index in [1.54, 1.807) is 37.6 Å². The summed E-state index contributed by atoms with van der Waals surface area (Å²) < 4.78 is 55.3. The highest BCUT2D eigenvalue weighted by atomic mass is 32.2. The van der Waals surface area contributed by atoms with Gasteiger partial charge in [-0.05, 0) is 55.2 Å². The first kappa shape index (κ1) is 22.2. The standard InChI is InChI=1S/C22H23F2N5O2S/c1-14-12-25-9-8-16(14)17-13-26-22(28(2)3)27-21(17)20-5-4-10-29(20)32(30,31)15-6-7-18(23)19(24)11-15/h6-9,11-13,20H,4-5,10H2,1-3H3/t20-/m0/s1. The molecule has 4 rings (SSSR count). The Kier molecular flexibility index (Phi) is 5.91. The van der Waals surface area contributed by atoms with Crippen molar-refractivity contribution in [2.24, 2.45) is 0 Å². The molecule has 3 aromatic rings. The lowest BCUT2D eigenvalue weighted by atomic mass is 9.98. The molecule has 0 saturated carbocycles. The molecule has 3 heterocycles. The molecule has 1 aromatic carbocycles. The molecule has 0 unspecified atom stereocenters. The average molecular weight is 460 g/mol. The van der Waals surface area contributed by atoms with Crippen LogP contribution in [0, 0.1) is 18.6 Å². The monoisotopic (exact) mass is 459 g/mol. The number of aryl methyl sites for hydroxylation is 1. The highest BCUT2D eigenvalue weighted by Gasteiger charge is 2.39. The topological polar surface area (TPSA) is 79.3 Å². The third kappa shape index (κ3) is 3.95. The van der Waals surface area contributed by atoms with Gasteiger partial charge in [0.25, 0.3) is 0 Å². The Morgan fingerprint density at radius 3 is 2.56 bits per heavy atom. The van der Waals surface area contributed by atoms with E-state index in [-0.39, 0.29) is 11.4 Å². The van der Waals surface area contributed by atoms with Crippen LogP contribution in [0.3, 0.4) is 0 Å². The van der Waals surface area contributed by atoms with Crippen molar-refractivity contribution >= 4 is 16.0 Å². The molecule has 1 aliphatic heterocycles. The molecule has 7 nitrogen and oxygen atoms in total. The van der Waals surface area contributed by atoms with E-state index in [1.165, 1.54) is 4.31 Å². The number of aromatic nitrogens is 3. The number of benzene rings is 1. The summed E-state index contributed by atoms with van der Waals surface area (Å²) in [6.07, 6.45) is 6.24. The van der Waals surface area contributed by atoms with Crippen molar-refractivity contribution in [1.29, 1.82) is 0 Å². The van der Waals surface area contributed by atoms with Crippen molar-refractivity contribution in [2.45, 2.75) is 30.7 Å². The van der Waals surface area contributed by atoms with Crippen molar-refractivity contribution in [3.05, 3.63) is 65.7 Å². The van der Waals surface area contributed by atoms with Gasteiger partial charge in [0.05, 0.1) is 16.6 Å². The minimum atomic E-state index is -4.08. The Labute approximate surface area is 185 Å². The van der Waals surface area contributed by atoms with Gasteiger partial charge in [-0.3, -0.25) is 4.98 Å². The number of pyridine rings is 1. The summed E-state index contributed by atoms with van der Waals surface area (Å²) in [6.45, 7) is 2.17. The molecule has 1 atom stereocenters. The molecule has 0 bridgehead atoms. The van der Waals surface area contributed by atoms with Crippen molar-refractivity contribution in [1.82, 2.24) is 19.3 Å². The van der Waals surface area contributed by atoms with Gasteiger partial charge in [0.15, 0.2) is 11.6 Å². The zero-order valence-electron chi connectivity index (χ0n) is 18.0. The second kappa shape index (κ2) is 8.51. The van der Waals surface area contributed by atoms with Gasteiger partial charge in [-0.25, -0.2) is 27.2 Å². The van der Waals surface area contributed by atoms with E-state index in [4.69, 9.17) is 4.98 Å². The van der Waals surface area contributed by atoms with E-state index in [2.05, 4.69) is 9.97 Å². The van der Waals surface area contributed by atoms with Crippen LogP contribution in [0.5, 0.6) is 0 Å². The molecule has 32 heavy (non-hydrogen) atoms. The molecule has 1 saturated heterocycles. The molecule has 0 spiro atoms. The van der Waals surface area contributed by atoms with Gasteiger partial charge < -0.3 is 4.90 Å². The van der Waals surface area contributed by atoms with Crippen LogP contribution in [-0.2, 0) is 10.0 Å². The van der Waals surface area contributed by atoms with Crippen LogP contribution in [0.4, 0.5) is 14.7 Å². The summed E-state index contributed by atoms with van der Waals surface area (Å²) in [6, 6.07) is 3.91. The molecule has 0 radical (unpaired) electrons. The Morgan fingerprint density at radius 1 is 1.09 bits per heavy atom. The summed E-state index contributed by atoms with van der Waals surface area (Å²) in [5, 5.41) is 0. The van der Waals surface area contributed by atoms with Gasteiger partial charge in [-0.2, -0.15) is 4.31 Å². The maximum atomic E-state index is 13.8. The summed E-state index contributed by atoms with van der Waals surface area (Å²) in [5.74, 6) is -1.84. The summed E-state index contributed by atoms with van der Waals surface area (Å²) in [7, 11) is -0.464. The van der Waals surface area contributed by atoms with Crippen molar-refractivity contribution < 1.29 is 17.2 Å². The molecule has 2 aromatic heterocycles. The Hall–Kier alpha value is -2.98. The van der Waals surface area contributed by atoms with E-state index < -0.39 is 27.7 Å². The molecule has 168 valence electrons. The lowest BCUT2D eigenvalue weighted by molar-refractivity contribution is 0.390. The maximum Gasteiger partial charge on any atom is 0.243 e. The Morgan fingerprint density at radius 2 is 1.88 bits per heavy atom. The largest absolute Gasteiger partial charge is 0.347 e. The highest BCUT2D eigenvalue weighted by Crippen LogP contribution is 2.40. The Bertz CT molecular complexity index is 1270. The van der Waals surface area contributed by atoms with Gasteiger partial charge in [0, 0.05) is 44.8 Å². The zero-order valence-corrected chi connectivity index (χ0v) is 18.8. The lowest BCUT2D eigenvalue weighted by Gasteiger charge is -2.26. The quantitative estimate of drug-likeness (QED) is 0.579. The van der Waals surface area contributed by atoms with Crippen LogP contribution < -0.4 is 4.90 Å². The van der Waals surface area contributed by atoms with Gasteiger partial charge in [-0.1, -0.05) is 0 Å².